The Morgan fingerprint density at radius 2 is 1.95 bits per heavy atom. The van der Waals surface area contributed by atoms with E-state index in [1.165, 1.54) is 4.90 Å². The van der Waals surface area contributed by atoms with Gasteiger partial charge in [0.25, 0.3) is 0 Å². The Bertz CT molecular complexity index is 435. The highest BCUT2D eigenvalue weighted by Crippen LogP contribution is 2.25. The summed E-state index contributed by atoms with van der Waals surface area (Å²) in [6.07, 6.45) is 3.34. The summed E-state index contributed by atoms with van der Waals surface area (Å²) in [5, 5.41) is 9.35. The fraction of sp³-hybridized carbons (Fsp3) is 0.800. The summed E-state index contributed by atoms with van der Waals surface area (Å²) in [4.78, 5) is 39.2. The van der Waals surface area contributed by atoms with Crippen LogP contribution in [0.1, 0.15) is 46.0 Å². The van der Waals surface area contributed by atoms with Crippen molar-refractivity contribution in [3.05, 3.63) is 0 Å². The predicted octanol–water partition coefficient (Wildman–Crippen LogP) is 1.10. The molecule has 0 aromatic heterocycles. The molecule has 6 nitrogen and oxygen atoms in total. The zero-order valence-electron chi connectivity index (χ0n) is 12.7. The van der Waals surface area contributed by atoms with Crippen molar-refractivity contribution in [3.63, 3.8) is 0 Å². The van der Waals surface area contributed by atoms with Gasteiger partial charge in [0.05, 0.1) is 5.92 Å². The number of likely N-dealkylation sites (tertiary alicyclic amines) is 2. The van der Waals surface area contributed by atoms with Crippen molar-refractivity contribution in [2.75, 3.05) is 13.1 Å². The van der Waals surface area contributed by atoms with E-state index in [-0.39, 0.29) is 30.2 Å². The van der Waals surface area contributed by atoms with Crippen LogP contribution >= 0.6 is 0 Å². The first-order valence-corrected chi connectivity index (χ1v) is 7.74. The molecule has 0 radical (unpaired) electrons. The second kappa shape index (κ2) is 6.45. The molecule has 0 spiro atoms. The first-order chi connectivity index (χ1) is 9.91. The second-order valence-electron chi connectivity index (χ2n) is 6.28. The highest BCUT2D eigenvalue weighted by molar-refractivity contribution is 5.91. The molecular weight excluding hydrogens is 272 g/mol. The summed E-state index contributed by atoms with van der Waals surface area (Å²) >= 11 is 0. The van der Waals surface area contributed by atoms with Gasteiger partial charge in [0.15, 0.2) is 0 Å². The third-order valence-corrected chi connectivity index (χ3v) is 4.45. The molecule has 2 fully saturated rings. The molecule has 2 amide bonds. The number of carbonyl (C=O) groups is 3. The quantitative estimate of drug-likeness (QED) is 0.846. The zero-order valence-corrected chi connectivity index (χ0v) is 12.7. The number of hydrogen-bond acceptors (Lipinski definition) is 3. The van der Waals surface area contributed by atoms with Gasteiger partial charge in [0, 0.05) is 25.6 Å². The van der Waals surface area contributed by atoms with Crippen LogP contribution < -0.4 is 0 Å². The van der Waals surface area contributed by atoms with Crippen molar-refractivity contribution < 1.29 is 19.5 Å². The van der Waals surface area contributed by atoms with Gasteiger partial charge < -0.3 is 14.9 Å². The van der Waals surface area contributed by atoms with Gasteiger partial charge >= 0.3 is 5.97 Å². The van der Waals surface area contributed by atoms with E-state index >= 15 is 0 Å². The van der Waals surface area contributed by atoms with Crippen LogP contribution in [0.2, 0.25) is 0 Å². The lowest BCUT2D eigenvalue weighted by molar-refractivity contribution is -0.151. The third-order valence-electron chi connectivity index (χ3n) is 4.45. The van der Waals surface area contributed by atoms with Crippen LogP contribution in [-0.4, -0.2) is 57.9 Å². The van der Waals surface area contributed by atoms with E-state index in [0.717, 1.165) is 19.3 Å². The molecule has 118 valence electrons. The summed E-state index contributed by atoms with van der Waals surface area (Å²) in [5.74, 6) is -1.50. The normalized spacial score (nSPS) is 27.1. The van der Waals surface area contributed by atoms with Crippen LogP contribution in [0.25, 0.3) is 0 Å². The molecule has 2 aliphatic heterocycles. The minimum atomic E-state index is -0.935. The lowest BCUT2D eigenvalue weighted by Gasteiger charge is -2.29. The molecule has 2 saturated heterocycles. The summed E-state index contributed by atoms with van der Waals surface area (Å²) in [5.41, 5.74) is 0. The molecule has 21 heavy (non-hydrogen) atoms. The molecule has 0 aliphatic carbocycles. The average Bonchev–Trinajstić information content (AvgIpc) is 2.66. The lowest BCUT2D eigenvalue weighted by atomic mass is 10.0. The maximum absolute atomic E-state index is 12.7. The van der Waals surface area contributed by atoms with E-state index < -0.39 is 12.0 Å². The highest BCUT2D eigenvalue weighted by atomic mass is 16.4. The number of amides is 2. The standard InChI is InChI=1S/C15H24N2O4/c1-10(2)17-9-11(8-13(17)18)14(19)16-7-5-3-4-6-12(16)15(20)21/h10-12H,3-9H2,1-2H3,(H,20,21). The minimum absolute atomic E-state index is 0.00922. The Labute approximate surface area is 125 Å². The predicted molar refractivity (Wildman–Crippen MR) is 76.6 cm³/mol. The highest BCUT2D eigenvalue weighted by Gasteiger charge is 2.40. The molecule has 2 unspecified atom stereocenters. The fourth-order valence-electron chi connectivity index (χ4n) is 3.26. The van der Waals surface area contributed by atoms with Crippen LogP contribution in [0, 0.1) is 5.92 Å². The molecule has 0 aromatic carbocycles. The van der Waals surface area contributed by atoms with E-state index in [2.05, 4.69) is 0 Å². The molecule has 2 atom stereocenters. The van der Waals surface area contributed by atoms with Crippen molar-refractivity contribution >= 4 is 17.8 Å². The van der Waals surface area contributed by atoms with E-state index in [0.29, 0.717) is 19.5 Å². The minimum Gasteiger partial charge on any atom is -0.480 e. The first kappa shape index (κ1) is 15.8. The largest absolute Gasteiger partial charge is 0.480 e. The second-order valence-corrected chi connectivity index (χ2v) is 6.28. The molecule has 0 saturated carbocycles. The van der Waals surface area contributed by atoms with Gasteiger partial charge in [-0.3, -0.25) is 9.59 Å². The molecule has 2 aliphatic rings. The molecular formula is C15H24N2O4. The Balaban J connectivity index is 2.10. The third kappa shape index (κ3) is 3.36. The van der Waals surface area contributed by atoms with Crippen molar-refractivity contribution in [1.82, 2.24) is 9.80 Å². The topological polar surface area (TPSA) is 77.9 Å². The monoisotopic (exact) mass is 296 g/mol. The lowest BCUT2D eigenvalue weighted by Crippen LogP contribution is -2.47. The van der Waals surface area contributed by atoms with Gasteiger partial charge in [-0.25, -0.2) is 4.79 Å². The van der Waals surface area contributed by atoms with Crippen LogP contribution in [0.15, 0.2) is 0 Å². The van der Waals surface area contributed by atoms with Crippen molar-refractivity contribution in [1.29, 1.82) is 0 Å². The van der Waals surface area contributed by atoms with Crippen LogP contribution in [0.5, 0.6) is 0 Å². The van der Waals surface area contributed by atoms with Gasteiger partial charge in [-0.15, -0.1) is 0 Å². The molecule has 1 N–H and O–H groups in total. The maximum Gasteiger partial charge on any atom is 0.326 e. The van der Waals surface area contributed by atoms with E-state index in [1.807, 2.05) is 13.8 Å². The van der Waals surface area contributed by atoms with E-state index in [4.69, 9.17) is 0 Å². The van der Waals surface area contributed by atoms with Gasteiger partial charge in [0.2, 0.25) is 11.8 Å². The number of rotatable bonds is 3. The molecule has 0 bridgehead atoms. The van der Waals surface area contributed by atoms with Gasteiger partial charge in [-0.2, -0.15) is 0 Å². The average molecular weight is 296 g/mol. The van der Waals surface area contributed by atoms with Crippen LogP contribution in [-0.2, 0) is 14.4 Å². The van der Waals surface area contributed by atoms with Gasteiger partial charge in [-0.05, 0) is 26.7 Å². The number of carboxylic acids is 1. The molecule has 2 heterocycles. The van der Waals surface area contributed by atoms with Gasteiger partial charge in [0.1, 0.15) is 6.04 Å². The Kier molecular flexibility index (Phi) is 4.85. The molecule has 2 rings (SSSR count). The first-order valence-electron chi connectivity index (χ1n) is 7.74. The number of nitrogens with zero attached hydrogens (tertiary/aromatic N) is 2. The van der Waals surface area contributed by atoms with E-state index in [9.17, 15) is 19.5 Å². The van der Waals surface area contributed by atoms with Crippen molar-refractivity contribution in [2.45, 2.75) is 58.0 Å². The van der Waals surface area contributed by atoms with Gasteiger partial charge in [-0.1, -0.05) is 12.8 Å². The molecule has 6 heteroatoms. The SMILES string of the molecule is CC(C)N1CC(C(=O)N2CCCCCC2C(=O)O)CC1=O. The van der Waals surface area contributed by atoms with Crippen LogP contribution in [0.4, 0.5) is 0 Å². The number of carboxylic acid groups (broad SMARTS) is 1. The van der Waals surface area contributed by atoms with E-state index in [1.54, 1.807) is 4.90 Å². The Morgan fingerprint density at radius 1 is 1.24 bits per heavy atom. The fourth-order valence-corrected chi connectivity index (χ4v) is 3.26. The number of carbonyl (C=O) groups excluding carboxylic acids is 2. The summed E-state index contributed by atoms with van der Waals surface area (Å²) < 4.78 is 0. The smallest absolute Gasteiger partial charge is 0.326 e. The van der Waals surface area contributed by atoms with Crippen molar-refractivity contribution in [2.24, 2.45) is 5.92 Å². The Morgan fingerprint density at radius 3 is 2.52 bits per heavy atom. The summed E-state index contributed by atoms with van der Waals surface area (Å²) in [6.45, 7) is 4.76. The zero-order chi connectivity index (χ0) is 15.6. The Hall–Kier alpha value is -1.59. The molecule has 0 aromatic rings. The number of hydrogen-bond donors (Lipinski definition) is 1. The summed E-state index contributed by atoms with van der Waals surface area (Å²) in [7, 11) is 0. The van der Waals surface area contributed by atoms with Crippen LogP contribution in [0.3, 0.4) is 0 Å². The maximum atomic E-state index is 12.7. The van der Waals surface area contributed by atoms with Crippen molar-refractivity contribution in [3.8, 4) is 0 Å². The summed E-state index contributed by atoms with van der Waals surface area (Å²) in [6, 6.07) is -0.655. The number of aliphatic carboxylic acids is 1.